The molecule has 0 amide bonds. The zero-order valence-corrected chi connectivity index (χ0v) is 12.3. The first-order valence-corrected chi connectivity index (χ1v) is 7.20. The van der Waals surface area contributed by atoms with Crippen molar-refractivity contribution < 1.29 is 9.47 Å². The summed E-state index contributed by atoms with van der Waals surface area (Å²) in [5.74, 6) is 0.851. The maximum absolute atomic E-state index is 6.25. The summed E-state index contributed by atoms with van der Waals surface area (Å²) in [7, 11) is 1.68. The summed E-state index contributed by atoms with van der Waals surface area (Å²) in [5.41, 5.74) is 7.32. The molecule has 0 bridgehead atoms. The van der Waals surface area contributed by atoms with Crippen LogP contribution in [0, 0.1) is 0 Å². The van der Waals surface area contributed by atoms with Crippen LogP contribution in [0.25, 0.3) is 0 Å². The van der Waals surface area contributed by atoms with E-state index in [0.717, 1.165) is 35.2 Å². The largest absolute Gasteiger partial charge is 0.496 e. The molecular weight excluding hydrogens is 294 g/mol. The third kappa shape index (κ3) is 3.46. The van der Waals surface area contributed by atoms with Gasteiger partial charge in [0, 0.05) is 22.7 Å². The lowest BCUT2D eigenvalue weighted by Gasteiger charge is -2.17. The third-order valence-corrected chi connectivity index (χ3v) is 3.91. The van der Waals surface area contributed by atoms with E-state index in [1.54, 1.807) is 7.11 Å². The summed E-state index contributed by atoms with van der Waals surface area (Å²) >= 11 is 3.44. The molecule has 1 fully saturated rings. The van der Waals surface area contributed by atoms with Gasteiger partial charge in [0.25, 0.3) is 0 Å². The van der Waals surface area contributed by atoms with E-state index < -0.39 is 0 Å². The van der Waals surface area contributed by atoms with Crippen LogP contribution in [0.4, 0.5) is 0 Å². The van der Waals surface area contributed by atoms with Gasteiger partial charge in [-0.3, -0.25) is 0 Å². The average molecular weight is 314 g/mol. The highest BCUT2D eigenvalue weighted by Gasteiger charge is 2.18. The molecule has 1 heterocycles. The summed E-state index contributed by atoms with van der Waals surface area (Å²) in [6.07, 6.45) is 4.71. The minimum atomic E-state index is 0.0113. The van der Waals surface area contributed by atoms with Gasteiger partial charge in [0.1, 0.15) is 5.75 Å². The number of benzene rings is 1. The van der Waals surface area contributed by atoms with Gasteiger partial charge in [-0.25, -0.2) is 0 Å². The molecule has 2 rings (SSSR count). The van der Waals surface area contributed by atoms with E-state index in [-0.39, 0.29) is 6.04 Å². The van der Waals surface area contributed by atoms with Crippen molar-refractivity contribution in [1.29, 1.82) is 0 Å². The second-order valence-electron chi connectivity index (χ2n) is 4.71. The van der Waals surface area contributed by atoms with E-state index in [1.807, 2.05) is 18.2 Å². The Bertz CT molecular complexity index is 391. The van der Waals surface area contributed by atoms with Gasteiger partial charge in [-0.1, -0.05) is 22.0 Å². The van der Waals surface area contributed by atoms with Crippen LogP contribution in [-0.2, 0) is 4.74 Å². The zero-order chi connectivity index (χ0) is 13.0. The third-order valence-electron chi connectivity index (χ3n) is 3.42. The first kappa shape index (κ1) is 13.8. The first-order valence-electron chi connectivity index (χ1n) is 6.41. The molecule has 0 saturated carbocycles. The summed E-state index contributed by atoms with van der Waals surface area (Å²) in [5, 5.41) is 0. The van der Waals surface area contributed by atoms with Crippen LogP contribution >= 0.6 is 15.9 Å². The highest BCUT2D eigenvalue weighted by molar-refractivity contribution is 9.10. The molecule has 18 heavy (non-hydrogen) atoms. The molecule has 1 aromatic carbocycles. The number of halogens is 1. The molecule has 1 aromatic rings. The first-order chi connectivity index (χ1) is 8.70. The number of ether oxygens (including phenoxy) is 2. The SMILES string of the molecule is COc1cc(Br)ccc1C(N)CCC1CCCO1. The molecule has 3 nitrogen and oxygen atoms in total. The van der Waals surface area contributed by atoms with Crippen LogP contribution in [0.15, 0.2) is 22.7 Å². The molecule has 1 aliphatic rings. The zero-order valence-electron chi connectivity index (χ0n) is 10.7. The molecule has 100 valence electrons. The fourth-order valence-corrected chi connectivity index (χ4v) is 2.72. The summed E-state index contributed by atoms with van der Waals surface area (Å²) < 4.78 is 12.0. The second-order valence-corrected chi connectivity index (χ2v) is 5.62. The minimum Gasteiger partial charge on any atom is -0.496 e. The number of rotatable bonds is 5. The maximum Gasteiger partial charge on any atom is 0.124 e. The van der Waals surface area contributed by atoms with E-state index in [9.17, 15) is 0 Å². The van der Waals surface area contributed by atoms with Gasteiger partial charge in [0.15, 0.2) is 0 Å². The Balaban J connectivity index is 1.96. The average Bonchev–Trinajstić information content (AvgIpc) is 2.88. The number of hydrogen-bond acceptors (Lipinski definition) is 3. The van der Waals surface area contributed by atoms with Crippen molar-refractivity contribution in [2.45, 2.75) is 37.8 Å². The fourth-order valence-electron chi connectivity index (χ4n) is 2.38. The van der Waals surface area contributed by atoms with Gasteiger partial charge < -0.3 is 15.2 Å². The summed E-state index contributed by atoms with van der Waals surface area (Å²) in [4.78, 5) is 0. The fraction of sp³-hybridized carbons (Fsp3) is 0.571. The van der Waals surface area contributed by atoms with Crippen molar-refractivity contribution in [2.24, 2.45) is 5.73 Å². The Labute approximate surface area is 117 Å². The van der Waals surface area contributed by atoms with Crippen molar-refractivity contribution in [3.63, 3.8) is 0 Å². The van der Waals surface area contributed by atoms with E-state index in [1.165, 1.54) is 12.8 Å². The van der Waals surface area contributed by atoms with Crippen molar-refractivity contribution in [1.82, 2.24) is 0 Å². The van der Waals surface area contributed by atoms with Crippen LogP contribution in [0.3, 0.4) is 0 Å². The lowest BCUT2D eigenvalue weighted by Crippen LogP contribution is -2.15. The van der Waals surface area contributed by atoms with Gasteiger partial charge in [0.05, 0.1) is 13.2 Å². The predicted molar refractivity (Wildman–Crippen MR) is 75.8 cm³/mol. The monoisotopic (exact) mass is 313 g/mol. The highest BCUT2D eigenvalue weighted by atomic mass is 79.9. The van der Waals surface area contributed by atoms with E-state index in [2.05, 4.69) is 15.9 Å². The van der Waals surface area contributed by atoms with Gasteiger partial charge in [-0.05, 0) is 37.8 Å². The Morgan fingerprint density at radius 3 is 3.06 bits per heavy atom. The van der Waals surface area contributed by atoms with Crippen molar-refractivity contribution in [3.05, 3.63) is 28.2 Å². The standard InChI is InChI=1S/C14H20BrNO2/c1-17-14-9-10(15)4-6-12(14)13(16)7-5-11-3-2-8-18-11/h4,6,9,11,13H,2-3,5,7-8,16H2,1H3. The van der Waals surface area contributed by atoms with Crippen LogP contribution < -0.4 is 10.5 Å². The Kier molecular flexibility index (Phi) is 5.03. The van der Waals surface area contributed by atoms with E-state index in [0.29, 0.717) is 6.10 Å². The van der Waals surface area contributed by atoms with Crippen molar-refractivity contribution in [3.8, 4) is 5.75 Å². The summed E-state index contributed by atoms with van der Waals surface area (Å²) in [6.45, 7) is 0.904. The summed E-state index contributed by atoms with van der Waals surface area (Å²) in [6, 6.07) is 6.01. The molecule has 0 spiro atoms. The van der Waals surface area contributed by atoms with Crippen LogP contribution in [0.2, 0.25) is 0 Å². The molecule has 1 aliphatic heterocycles. The molecular formula is C14H20BrNO2. The molecule has 4 heteroatoms. The molecule has 2 N–H and O–H groups in total. The quantitative estimate of drug-likeness (QED) is 0.906. The number of nitrogens with two attached hydrogens (primary N) is 1. The maximum atomic E-state index is 6.25. The van der Waals surface area contributed by atoms with Crippen molar-refractivity contribution >= 4 is 15.9 Å². The van der Waals surface area contributed by atoms with Gasteiger partial charge >= 0.3 is 0 Å². The van der Waals surface area contributed by atoms with Gasteiger partial charge in [-0.2, -0.15) is 0 Å². The van der Waals surface area contributed by atoms with Crippen molar-refractivity contribution in [2.75, 3.05) is 13.7 Å². The Morgan fingerprint density at radius 1 is 1.56 bits per heavy atom. The smallest absolute Gasteiger partial charge is 0.124 e. The van der Waals surface area contributed by atoms with Crippen LogP contribution in [0.5, 0.6) is 5.75 Å². The molecule has 0 aliphatic carbocycles. The predicted octanol–water partition coefficient (Wildman–Crippen LogP) is 3.42. The Morgan fingerprint density at radius 2 is 2.39 bits per heavy atom. The van der Waals surface area contributed by atoms with E-state index in [4.69, 9.17) is 15.2 Å². The topological polar surface area (TPSA) is 44.5 Å². The van der Waals surface area contributed by atoms with Gasteiger partial charge in [0.2, 0.25) is 0 Å². The number of methoxy groups -OCH3 is 1. The van der Waals surface area contributed by atoms with E-state index >= 15 is 0 Å². The molecule has 2 unspecified atom stereocenters. The Hall–Kier alpha value is -0.580. The van der Waals surface area contributed by atoms with Gasteiger partial charge in [-0.15, -0.1) is 0 Å². The highest BCUT2D eigenvalue weighted by Crippen LogP contribution is 2.30. The minimum absolute atomic E-state index is 0.0113. The lowest BCUT2D eigenvalue weighted by molar-refractivity contribution is 0.101. The molecule has 1 saturated heterocycles. The normalized spacial score (nSPS) is 20.9. The van der Waals surface area contributed by atoms with Crippen LogP contribution in [0.1, 0.15) is 37.3 Å². The molecule has 2 atom stereocenters. The number of hydrogen-bond donors (Lipinski definition) is 1. The molecule has 0 aromatic heterocycles. The molecule has 0 radical (unpaired) electrons. The lowest BCUT2D eigenvalue weighted by atomic mass is 9.99. The second kappa shape index (κ2) is 6.55. The van der Waals surface area contributed by atoms with Crippen LogP contribution in [-0.4, -0.2) is 19.8 Å².